The Morgan fingerprint density at radius 2 is 2.43 bits per heavy atom. The van der Waals surface area contributed by atoms with Crippen molar-refractivity contribution in [2.75, 3.05) is 18.0 Å². The normalized spacial score (nSPS) is 21.6. The van der Waals surface area contributed by atoms with Crippen LogP contribution in [0.5, 0.6) is 0 Å². The maximum Gasteiger partial charge on any atom is 0.186 e. The summed E-state index contributed by atoms with van der Waals surface area (Å²) in [5.41, 5.74) is 0.861. The second-order valence-electron chi connectivity index (χ2n) is 3.90. The maximum atomic E-state index is 10.7. The van der Waals surface area contributed by atoms with Gasteiger partial charge < -0.3 is 4.90 Å². The van der Waals surface area contributed by atoms with Gasteiger partial charge in [0.25, 0.3) is 0 Å². The molecule has 0 N–H and O–H groups in total. The molecule has 1 saturated heterocycles. The lowest BCUT2D eigenvalue weighted by molar-refractivity contribution is 0.112. The smallest absolute Gasteiger partial charge is 0.186 e. The van der Waals surface area contributed by atoms with Crippen LogP contribution in [0, 0.1) is 12.8 Å². The Balaban J connectivity index is 2.20. The SMILES string of the molecule is Cc1nc(N2CCC(C)C2)sc1C=O. The van der Waals surface area contributed by atoms with Gasteiger partial charge in [0, 0.05) is 13.1 Å². The van der Waals surface area contributed by atoms with E-state index in [0.29, 0.717) is 0 Å². The van der Waals surface area contributed by atoms with Crippen LogP contribution in [0.25, 0.3) is 0 Å². The summed E-state index contributed by atoms with van der Waals surface area (Å²) in [6.45, 7) is 6.29. The molecule has 4 heteroatoms. The van der Waals surface area contributed by atoms with Crippen molar-refractivity contribution < 1.29 is 4.79 Å². The van der Waals surface area contributed by atoms with E-state index in [1.54, 1.807) is 0 Å². The Morgan fingerprint density at radius 3 is 2.93 bits per heavy atom. The van der Waals surface area contributed by atoms with Crippen LogP contribution >= 0.6 is 11.3 Å². The van der Waals surface area contributed by atoms with Gasteiger partial charge in [0.1, 0.15) is 0 Å². The molecule has 14 heavy (non-hydrogen) atoms. The van der Waals surface area contributed by atoms with E-state index >= 15 is 0 Å². The molecule has 1 atom stereocenters. The quantitative estimate of drug-likeness (QED) is 0.701. The van der Waals surface area contributed by atoms with Gasteiger partial charge in [0.2, 0.25) is 0 Å². The van der Waals surface area contributed by atoms with Crippen molar-refractivity contribution in [1.82, 2.24) is 4.98 Å². The van der Waals surface area contributed by atoms with Crippen molar-refractivity contribution in [3.8, 4) is 0 Å². The van der Waals surface area contributed by atoms with Crippen molar-refractivity contribution in [1.29, 1.82) is 0 Å². The first kappa shape index (κ1) is 9.65. The molecule has 76 valence electrons. The molecule has 0 radical (unpaired) electrons. The second kappa shape index (κ2) is 3.69. The minimum Gasteiger partial charge on any atom is -0.348 e. The van der Waals surface area contributed by atoms with Crippen molar-refractivity contribution in [2.45, 2.75) is 20.3 Å². The molecule has 1 fully saturated rings. The third kappa shape index (κ3) is 1.66. The molecule has 0 aromatic carbocycles. The minimum atomic E-state index is 0.749. The molecule has 2 heterocycles. The van der Waals surface area contributed by atoms with Gasteiger partial charge in [-0.25, -0.2) is 4.98 Å². The predicted molar refractivity (Wildman–Crippen MR) is 58.2 cm³/mol. The molecule has 1 unspecified atom stereocenters. The van der Waals surface area contributed by atoms with Crippen molar-refractivity contribution >= 4 is 22.8 Å². The Labute approximate surface area is 87.8 Å². The largest absolute Gasteiger partial charge is 0.348 e. The number of aldehydes is 1. The number of carbonyl (C=O) groups is 1. The Morgan fingerprint density at radius 1 is 1.64 bits per heavy atom. The first-order chi connectivity index (χ1) is 6.70. The number of nitrogens with zero attached hydrogens (tertiary/aromatic N) is 2. The molecular weight excluding hydrogens is 196 g/mol. The van der Waals surface area contributed by atoms with E-state index in [1.165, 1.54) is 17.8 Å². The van der Waals surface area contributed by atoms with Crippen LogP contribution in [0.15, 0.2) is 0 Å². The number of thiazole rings is 1. The Bertz CT molecular complexity index is 348. The monoisotopic (exact) mass is 210 g/mol. The maximum absolute atomic E-state index is 10.7. The van der Waals surface area contributed by atoms with E-state index in [4.69, 9.17) is 0 Å². The van der Waals surface area contributed by atoms with E-state index < -0.39 is 0 Å². The Kier molecular flexibility index (Phi) is 2.54. The number of carbonyl (C=O) groups excluding carboxylic acids is 1. The highest BCUT2D eigenvalue weighted by atomic mass is 32.1. The molecule has 1 aromatic rings. The average molecular weight is 210 g/mol. The van der Waals surface area contributed by atoms with E-state index in [0.717, 1.165) is 41.0 Å². The summed E-state index contributed by atoms with van der Waals surface area (Å²) in [5, 5.41) is 1.01. The third-order valence-corrected chi connectivity index (χ3v) is 3.77. The zero-order valence-electron chi connectivity index (χ0n) is 8.49. The van der Waals surface area contributed by atoms with Gasteiger partial charge in [-0.1, -0.05) is 18.3 Å². The average Bonchev–Trinajstić information content (AvgIpc) is 2.71. The molecule has 0 saturated carbocycles. The lowest BCUT2D eigenvalue weighted by atomic mass is 10.2. The first-order valence-corrected chi connectivity index (χ1v) is 5.70. The van der Waals surface area contributed by atoms with E-state index in [2.05, 4.69) is 16.8 Å². The summed E-state index contributed by atoms with van der Waals surface area (Å²) in [6.07, 6.45) is 2.13. The van der Waals surface area contributed by atoms with Crippen LogP contribution < -0.4 is 4.90 Å². The lowest BCUT2D eigenvalue weighted by Gasteiger charge is -2.13. The number of aromatic nitrogens is 1. The number of anilines is 1. The zero-order chi connectivity index (χ0) is 10.1. The van der Waals surface area contributed by atoms with Gasteiger partial charge in [-0.05, 0) is 19.3 Å². The van der Waals surface area contributed by atoms with Gasteiger partial charge in [0.05, 0.1) is 10.6 Å². The van der Waals surface area contributed by atoms with E-state index in [1.807, 2.05) is 6.92 Å². The van der Waals surface area contributed by atoms with Crippen molar-refractivity contribution in [3.05, 3.63) is 10.6 Å². The lowest BCUT2D eigenvalue weighted by Crippen LogP contribution is -2.18. The molecule has 2 rings (SSSR count). The topological polar surface area (TPSA) is 33.2 Å². The highest BCUT2D eigenvalue weighted by Crippen LogP contribution is 2.29. The van der Waals surface area contributed by atoms with Gasteiger partial charge in [0.15, 0.2) is 11.4 Å². The van der Waals surface area contributed by atoms with Gasteiger partial charge in [-0.3, -0.25) is 4.79 Å². The highest BCUT2D eigenvalue weighted by Gasteiger charge is 2.22. The van der Waals surface area contributed by atoms with Crippen LogP contribution in [0.4, 0.5) is 5.13 Å². The standard InChI is InChI=1S/C10H14N2OS/c1-7-3-4-12(5-7)10-11-8(2)9(6-13)14-10/h6-7H,3-5H2,1-2H3. The summed E-state index contributed by atoms with van der Waals surface area (Å²) >= 11 is 1.51. The summed E-state index contributed by atoms with van der Waals surface area (Å²) in [5.74, 6) is 0.749. The fourth-order valence-electron chi connectivity index (χ4n) is 1.75. The third-order valence-electron chi connectivity index (χ3n) is 2.62. The molecule has 0 spiro atoms. The van der Waals surface area contributed by atoms with Crippen LogP contribution in [0.3, 0.4) is 0 Å². The summed E-state index contributed by atoms with van der Waals surface area (Å²) in [4.78, 5) is 18.1. The highest BCUT2D eigenvalue weighted by molar-refractivity contribution is 7.17. The number of hydrogen-bond donors (Lipinski definition) is 0. The molecule has 0 bridgehead atoms. The zero-order valence-corrected chi connectivity index (χ0v) is 9.30. The van der Waals surface area contributed by atoms with Crippen LogP contribution in [-0.2, 0) is 0 Å². The molecule has 3 nitrogen and oxygen atoms in total. The molecule has 0 aliphatic carbocycles. The Hall–Kier alpha value is -0.900. The number of hydrogen-bond acceptors (Lipinski definition) is 4. The molecule has 1 aromatic heterocycles. The molecule has 1 aliphatic heterocycles. The van der Waals surface area contributed by atoms with Gasteiger partial charge in [-0.2, -0.15) is 0 Å². The van der Waals surface area contributed by atoms with Gasteiger partial charge >= 0.3 is 0 Å². The summed E-state index contributed by atoms with van der Waals surface area (Å²) in [7, 11) is 0. The van der Waals surface area contributed by atoms with Crippen LogP contribution in [0.2, 0.25) is 0 Å². The van der Waals surface area contributed by atoms with Crippen LogP contribution in [0.1, 0.15) is 28.7 Å². The fraction of sp³-hybridized carbons (Fsp3) is 0.600. The molecular formula is C10H14N2OS. The summed E-state index contributed by atoms with van der Waals surface area (Å²) in [6, 6.07) is 0. The van der Waals surface area contributed by atoms with Crippen molar-refractivity contribution in [3.63, 3.8) is 0 Å². The fourth-order valence-corrected chi connectivity index (χ4v) is 2.66. The van der Waals surface area contributed by atoms with Crippen LogP contribution in [-0.4, -0.2) is 24.4 Å². The summed E-state index contributed by atoms with van der Waals surface area (Å²) < 4.78 is 0. The first-order valence-electron chi connectivity index (χ1n) is 4.88. The van der Waals surface area contributed by atoms with Crippen molar-refractivity contribution in [2.24, 2.45) is 5.92 Å². The predicted octanol–water partition coefficient (Wildman–Crippen LogP) is 2.11. The second-order valence-corrected chi connectivity index (χ2v) is 4.91. The molecule has 0 amide bonds. The van der Waals surface area contributed by atoms with E-state index in [-0.39, 0.29) is 0 Å². The van der Waals surface area contributed by atoms with Gasteiger partial charge in [-0.15, -0.1) is 0 Å². The molecule has 1 aliphatic rings. The number of aryl methyl sites for hydroxylation is 1. The number of rotatable bonds is 2. The minimum absolute atomic E-state index is 0.749. The van der Waals surface area contributed by atoms with E-state index in [9.17, 15) is 4.79 Å².